The van der Waals surface area contributed by atoms with Gasteiger partial charge in [0.1, 0.15) is 0 Å². The molecule has 1 heterocycles. The van der Waals surface area contributed by atoms with Gasteiger partial charge in [-0.15, -0.1) is 0 Å². The van der Waals surface area contributed by atoms with Gasteiger partial charge in [0.25, 0.3) is 0 Å². The van der Waals surface area contributed by atoms with E-state index in [1.807, 2.05) is 0 Å². The lowest BCUT2D eigenvalue weighted by atomic mass is 9.94. The van der Waals surface area contributed by atoms with Gasteiger partial charge in [-0.2, -0.15) is 0 Å². The first-order valence-electron chi connectivity index (χ1n) is 6.51. The molecule has 0 saturated carbocycles. The van der Waals surface area contributed by atoms with E-state index in [0.717, 1.165) is 5.92 Å². The number of piperidine rings is 1. The lowest BCUT2D eigenvalue weighted by molar-refractivity contribution is 0.0883. The molecule has 0 aromatic rings. The highest BCUT2D eigenvalue weighted by molar-refractivity contribution is 6.51. The Morgan fingerprint density at radius 1 is 1.40 bits per heavy atom. The van der Waals surface area contributed by atoms with E-state index in [0.29, 0.717) is 6.10 Å². The zero-order valence-corrected chi connectivity index (χ0v) is 12.0. The van der Waals surface area contributed by atoms with Crippen molar-refractivity contribution in [1.82, 2.24) is 4.90 Å². The maximum absolute atomic E-state index is 6.25. The van der Waals surface area contributed by atoms with Crippen LogP contribution in [0.25, 0.3) is 0 Å². The predicted octanol–water partition coefficient (Wildman–Crippen LogP) is 2.76. The van der Waals surface area contributed by atoms with Gasteiger partial charge in [-0.25, -0.2) is 0 Å². The summed E-state index contributed by atoms with van der Waals surface area (Å²) in [7, 11) is 2.23. The molecule has 0 aromatic carbocycles. The Balaban J connectivity index is 2.34. The van der Waals surface area contributed by atoms with Gasteiger partial charge < -0.3 is 8.69 Å². The molecule has 1 fully saturated rings. The zero-order chi connectivity index (χ0) is 11.3. The highest BCUT2D eigenvalue weighted by atomic mass is 27.2. The summed E-state index contributed by atoms with van der Waals surface area (Å²) in [6, 6.07) is 0. The van der Waals surface area contributed by atoms with Crippen molar-refractivity contribution < 1.29 is 3.79 Å². The first kappa shape index (κ1) is 13.5. The highest BCUT2D eigenvalue weighted by Gasteiger charge is 2.26. The van der Waals surface area contributed by atoms with Gasteiger partial charge in [0.05, 0.1) is 0 Å². The van der Waals surface area contributed by atoms with Crippen LogP contribution in [0.4, 0.5) is 0 Å². The molecule has 2 nitrogen and oxygen atoms in total. The lowest BCUT2D eigenvalue weighted by Crippen LogP contribution is -2.39. The topological polar surface area (TPSA) is 12.5 Å². The summed E-state index contributed by atoms with van der Waals surface area (Å²) >= 11 is -0.860. The normalized spacial score (nSPS) is 25.2. The maximum Gasteiger partial charge on any atom is 0.460 e. The molecule has 0 amide bonds. The van der Waals surface area contributed by atoms with E-state index in [9.17, 15) is 0 Å². The fourth-order valence-electron chi connectivity index (χ4n) is 2.49. The van der Waals surface area contributed by atoms with Crippen LogP contribution in [-0.2, 0) is 3.79 Å². The fourth-order valence-corrected chi connectivity index (χ4v) is 4.28. The lowest BCUT2D eigenvalue weighted by Gasteiger charge is -2.35. The molecule has 15 heavy (non-hydrogen) atoms. The maximum atomic E-state index is 6.25. The van der Waals surface area contributed by atoms with Crippen LogP contribution in [0.3, 0.4) is 0 Å². The van der Waals surface area contributed by atoms with E-state index in [4.69, 9.17) is 3.79 Å². The number of nitrogens with zero attached hydrogens (tertiary/aromatic N) is 1. The third-order valence-electron chi connectivity index (χ3n) is 3.64. The van der Waals surface area contributed by atoms with Gasteiger partial charge in [0.15, 0.2) is 0 Å². The van der Waals surface area contributed by atoms with Crippen LogP contribution < -0.4 is 0 Å². The van der Waals surface area contributed by atoms with Crippen molar-refractivity contribution in [3.05, 3.63) is 0 Å². The fraction of sp³-hybridized carbons (Fsp3) is 1.00. The molecule has 1 aliphatic rings. The minimum absolute atomic E-state index is 0.490. The number of hydrogen-bond acceptors (Lipinski definition) is 2. The average molecular weight is 227 g/mol. The molecule has 1 rings (SSSR count). The summed E-state index contributed by atoms with van der Waals surface area (Å²) in [5.74, 6) is 0.775. The minimum Gasteiger partial charge on any atom is -0.498 e. The zero-order valence-electron chi connectivity index (χ0n) is 10.8. The minimum atomic E-state index is -0.860. The van der Waals surface area contributed by atoms with E-state index >= 15 is 0 Å². The second kappa shape index (κ2) is 6.91. The molecule has 0 aliphatic carbocycles. The van der Waals surface area contributed by atoms with Crippen LogP contribution >= 0.6 is 0 Å². The summed E-state index contributed by atoms with van der Waals surface area (Å²) in [6.45, 7) is 9.34. The molecule has 0 N–H and O–H groups in total. The summed E-state index contributed by atoms with van der Waals surface area (Å²) in [4.78, 5) is 2.45. The van der Waals surface area contributed by atoms with E-state index in [2.05, 4.69) is 32.7 Å². The van der Waals surface area contributed by atoms with Crippen molar-refractivity contribution >= 4 is 14.5 Å². The Morgan fingerprint density at radius 2 is 2.07 bits per heavy atom. The Hall–Kier alpha value is 0.452. The number of rotatable bonds is 5. The van der Waals surface area contributed by atoms with Crippen LogP contribution in [-0.4, -0.2) is 45.6 Å². The van der Waals surface area contributed by atoms with Gasteiger partial charge in [-0.3, -0.25) is 0 Å². The van der Waals surface area contributed by atoms with Crippen LogP contribution in [0.2, 0.25) is 10.6 Å². The molecule has 3 heteroatoms. The number of likely N-dealkylation sites (tertiary alicyclic amines) is 1. The molecular formula is C12H26AlNO. The Kier molecular flexibility index (Phi) is 6.23. The predicted molar refractivity (Wildman–Crippen MR) is 67.5 cm³/mol. The van der Waals surface area contributed by atoms with Crippen molar-refractivity contribution in [3.63, 3.8) is 0 Å². The molecule has 0 aromatic heterocycles. The SMILES string of the molecule is C[CH2][Al]([CH2]C)[O]C(C)C1CCCN(C)C1. The van der Waals surface area contributed by atoms with Crippen molar-refractivity contribution in [2.45, 2.75) is 50.3 Å². The van der Waals surface area contributed by atoms with Crippen molar-refractivity contribution in [3.8, 4) is 0 Å². The molecule has 2 atom stereocenters. The summed E-state index contributed by atoms with van der Waals surface area (Å²) in [5, 5.41) is 2.56. The molecule has 0 bridgehead atoms. The standard InChI is InChI=1S/C8H16NO.2C2H5.Al/c1-7(10)8-4-3-5-9(2)6-8;2*1-2;/h7-8H,3-6H2,1-2H3;2*1H2,2H3;/q-1;;;+1. The Morgan fingerprint density at radius 3 is 2.60 bits per heavy atom. The van der Waals surface area contributed by atoms with Gasteiger partial charge in [-0.1, -0.05) is 24.4 Å². The van der Waals surface area contributed by atoms with E-state index < -0.39 is 14.5 Å². The molecule has 0 radical (unpaired) electrons. The summed E-state index contributed by atoms with van der Waals surface area (Å²) in [6.07, 6.45) is 3.20. The monoisotopic (exact) mass is 227 g/mol. The Bertz CT molecular complexity index is 173. The van der Waals surface area contributed by atoms with Crippen LogP contribution in [0.15, 0.2) is 0 Å². The molecule has 88 valence electrons. The second-order valence-electron chi connectivity index (χ2n) is 4.94. The van der Waals surface area contributed by atoms with Gasteiger partial charge >= 0.3 is 14.5 Å². The molecule has 1 aliphatic heterocycles. The smallest absolute Gasteiger partial charge is 0.460 e. The molecule has 0 spiro atoms. The largest absolute Gasteiger partial charge is 0.498 e. The van der Waals surface area contributed by atoms with E-state index in [1.165, 1.54) is 36.5 Å². The van der Waals surface area contributed by atoms with E-state index in [-0.39, 0.29) is 0 Å². The summed E-state index contributed by atoms with van der Waals surface area (Å²) < 4.78 is 6.25. The van der Waals surface area contributed by atoms with Gasteiger partial charge in [0.2, 0.25) is 0 Å². The number of hydrogen-bond donors (Lipinski definition) is 0. The molecule has 1 saturated heterocycles. The van der Waals surface area contributed by atoms with Crippen LogP contribution in [0.5, 0.6) is 0 Å². The Labute approximate surface area is 99.7 Å². The van der Waals surface area contributed by atoms with Gasteiger partial charge in [-0.05, 0) is 39.3 Å². The third-order valence-corrected chi connectivity index (χ3v) is 6.28. The van der Waals surface area contributed by atoms with Crippen LogP contribution in [0, 0.1) is 5.92 Å². The van der Waals surface area contributed by atoms with Crippen molar-refractivity contribution in [1.29, 1.82) is 0 Å². The van der Waals surface area contributed by atoms with Gasteiger partial charge in [0, 0.05) is 12.6 Å². The molecule has 2 unspecified atom stereocenters. The van der Waals surface area contributed by atoms with Crippen molar-refractivity contribution in [2.24, 2.45) is 5.92 Å². The highest BCUT2D eigenvalue weighted by Crippen LogP contribution is 2.22. The average Bonchev–Trinajstić information content (AvgIpc) is 2.25. The first-order chi connectivity index (χ1) is 7.17. The first-order valence-corrected chi connectivity index (χ1v) is 8.61. The second-order valence-corrected chi connectivity index (χ2v) is 8.09. The van der Waals surface area contributed by atoms with Crippen LogP contribution in [0.1, 0.15) is 33.6 Å². The molecular weight excluding hydrogens is 201 g/mol. The third kappa shape index (κ3) is 4.45. The van der Waals surface area contributed by atoms with Crippen molar-refractivity contribution in [2.75, 3.05) is 20.1 Å². The quantitative estimate of drug-likeness (QED) is 0.670. The van der Waals surface area contributed by atoms with E-state index in [1.54, 1.807) is 0 Å². The summed E-state index contributed by atoms with van der Waals surface area (Å²) in [5.41, 5.74) is 0.